The molecule has 1 N–H and O–H groups in total. The van der Waals surface area contributed by atoms with E-state index in [0.717, 1.165) is 50.2 Å². The van der Waals surface area contributed by atoms with Gasteiger partial charge >= 0.3 is 0 Å². The predicted molar refractivity (Wildman–Crippen MR) is 155 cm³/mol. The number of carbonyl (C=O) groups is 1. The van der Waals surface area contributed by atoms with Crippen molar-refractivity contribution in [1.82, 2.24) is 10.2 Å². The molecule has 0 spiro atoms. The quantitative estimate of drug-likeness (QED) is 0.337. The van der Waals surface area contributed by atoms with Gasteiger partial charge in [-0.25, -0.2) is 0 Å². The lowest BCUT2D eigenvalue weighted by molar-refractivity contribution is -0.135. The first-order valence-corrected chi connectivity index (χ1v) is 13.9. The number of hydrogen-bond acceptors (Lipinski definition) is 4. The largest absolute Gasteiger partial charge is 0.489 e. The Hall–Kier alpha value is -2.79. The van der Waals surface area contributed by atoms with Crippen molar-refractivity contribution in [3.05, 3.63) is 71.8 Å². The van der Waals surface area contributed by atoms with E-state index >= 15 is 0 Å². The summed E-state index contributed by atoms with van der Waals surface area (Å²) >= 11 is 0. The van der Waals surface area contributed by atoms with E-state index in [-0.39, 0.29) is 11.9 Å². The number of anilines is 1. The molecular weight excluding hydrogens is 458 g/mol. The number of nitrogens with zero attached hydrogens (tertiary/aromatic N) is 2. The summed E-state index contributed by atoms with van der Waals surface area (Å²) < 4.78 is 6.01. The molecule has 37 heavy (non-hydrogen) atoms. The zero-order chi connectivity index (χ0) is 26.8. The maximum Gasteiger partial charge on any atom is 0.239 e. The van der Waals surface area contributed by atoms with Gasteiger partial charge in [-0.2, -0.15) is 0 Å². The van der Waals surface area contributed by atoms with Crippen molar-refractivity contribution in [2.45, 2.75) is 85.5 Å². The fraction of sp³-hybridized carbons (Fsp3) is 0.531. The van der Waals surface area contributed by atoms with Crippen molar-refractivity contribution < 1.29 is 9.53 Å². The molecule has 1 fully saturated rings. The van der Waals surface area contributed by atoms with Crippen LogP contribution in [-0.2, 0) is 11.4 Å². The fourth-order valence-electron chi connectivity index (χ4n) is 4.95. The molecule has 3 rings (SSSR count). The molecule has 2 aromatic carbocycles. The third-order valence-electron chi connectivity index (χ3n) is 6.87. The van der Waals surface area contributed by atoms with Crippen LogP contribution >= 0.6 is 0 Å². The molecule has 1 atom stereocenters. The minimum absolute atomic E-state index is 0.0956. The highest BCUT2D eigenvalue weighted by Gasteiger charge is 2.31. The molecule has 5 heteroatoms. The number of hydrogen-bond donors (Lipinski definition) is 1. The van der Waals surface area contributed by atoms with Gasteiger partial charge in [0.05, 0.1) is 6.04 Å². The van der Waals surface area contributed by atoms with Gasteiger partial charge < -0.3 is 19.9 Å². The lowest BCUT2D eigenvalue weighted by Crippen LogP contribution is -2.53. The van der Waals surface area contributed by atoms with Gasteiger partial charge in [0.15, 0.2) is 0 Å². The fourth-order valence-corrected chi connectivity index (χ4v) is 4.95. The Morgan fingerprint density at radius 2 is 1.68 bits per heavy atom. The smallest absolute Gasteiger partial charge is 0.239 e. The Morgan fingerprint density at radius 3 is 2.24 bits per heavy atom. The third kappa shape index (κ3) is 9.23. The number of carbonyl (C=O) groups excluding carboxylic acids is 1. The number of allylic oxidation sites excluding steroid dienone is 1. The predicted octanol–water partition coefficient (Wildman–Crippen LogP) is 6.44. The minimum Gasteiger partial charge on any atom is -0.489 e. The molecule has 202 valence electrons. The average Bonchev–Trinajstić information content (AvgIpc) is 2.88. The topological polar surface area (TPSA) is 44.8 Å². The molecule has 5 nitrogen and oxygen atoms in total. The summed E-state index contributed by atoms with van der Waals surface area (Å²) in [4.78, 5) is 17.9. The van der Waals surface area contributed by atoms with Crippen molar-refractivity contribution in [2.75, 3.05) is 24.5 Å². The first-order chi connectivity index (χ1) is 17.7. The van der Waals surface area contributed by atoms with Crippen LogP contribution in [0.3, 0.4) is 0 Å². The molecule has 1 heterocycles. The Kier molecular flexibility index (Phi) is 11.1. The van der Waals surface area contributed by atoms with Gasteiger partial charge in [-0.3, -0.25) is 4.79 Å². The summed E-state index contributed by atoms with van der Waals surface area (Å²) in [5.41, 5.74) is 3.68. The molecule has 1 saturated heterocycles. The summed E-state index contributed by atoms with van der Waals surface area (Å²) in [5.74, 6) is 1.62. The van der Waals surface area contributed by atoms with Crippen LogP contribution in [0.2, 0.25) is 0 Å². The monoisotopic (exact) mass is 505 g/mol. The van der Waals surface area contributed by atoms with Crippen LogP contribution in [0.15, 0.2) is 66.2 Å². The zero-order valence-corrected chi connectivity index (χ0v) is 23.7. The molecule has 0 radical (unpaired) electrons. The van der Waals surface area contributed by atoms with Gasteiger partial charge in [0.1, 0.15) is 12.4 Å². The molecular formula is C32H47N3O2. The van der Waals surface area contributed by atoms with Gasteiger partial charge in [-0.05, 0) is 68.9 Å². The van der Waals surface area contributed by atoms with E-state index in [4.69, 9.17) is 4.74 Å². The Bertz CT molecular complexity index is 963. The summed E-state index contributed by atoms with van der Waals surface area (Å²) in [6.07, 6.45) is 5.13. The molecule has 0 bridgehead atoms. The second-order valence-electron chi connectivity index (χ2n) is 11.3. The average molecular weight is 506 g/mol. The van der Waals surface area contributed by atoms with Crippen LogP contribution in [-0.4, -0.2) is 48.6 Å². The van der Waals surface area contributed by atoms with Gasteiger partial charge in [0.2, 0.25) is 5.91 Å². The van der Waals surface area contributed by atoms with Gasteiger partial charge in [-0.1, -0.05) is 69.7 Å². The van der Waals surface area contributed by atoms with Crippen molar-refractivity contribution >= 4 is 11.6 Å². The highest BCUT2D eigenvalue weighted by Crippen LogP contribution is 2.27. The number of ether oxygens (including phenoxy) is 1. The van der Waals surface area contributed by atoms with Crippen molar-refractivity contribution in [3.8, 4) is 5.75 Å². The third-order valence-corrected chi connectivity index (χ3v) is 6.87. The lowest BCUT2D eigenvalue weighted by atomic mass is 9.98. The normalized spacial score (nSPS) is 15.1. The Morgan fingerprint density at radius 1 is 1.03 bits per heavy atom. The van der Waals surface area contributed by atoms with Crippen LogP contribution in [0.5, 0.6) is 5.75 Å². The van der Waals surface area contributed by atoms with Crippen LogP contribution in [0.25, 0.3) is 0 Å². The molecule has 0 aliphatic carbocycles. The highest BCUT2D eigenvalue weighted by atomic mass is 16.5. The van der Waals surface area contributed by atoms with E-state index in [0.29, 0.717) is 24.6 Å². The van der Waals surface area contributed by atoms with Crippen molar-refractivity contribution in [3.63, 3.8) is 0 Å². The van der Waals surface area contributed by atoms with Crippen molar-refractivity contribution in [2.24, 2.45) is 5.92 Å². The van der Waals surface area contributed by atoms with Crippen LogP contribution in [0, 0.1) is 5.92 Å². The summed E-state index contributed by atoms with van der Waals surface area (Å²) in [5, 5.41) is 3.51. The van der Waals surface area contributed by atoms with Crippen LogP contribution in [0.4, 0.5) is 5.69 Å². The lowest BCUT2D eigenvalue weighted by Gasteiger charge is -2.41. The highest BCUT2D eigenvalue weighted by molar-refractivity contribution is 5.82. The molecule has 2 aromatic rings. The number of amides is 1. The minimum atomic E-state index is -0.0956. The first-order valence-electron chi connectivity index (χ1n) is 13.9. The zero-order valence-electron chi connectivity index (χ0n) is 23.7. The van der Waals surface area contributed by atoms with E-state index < -0.39 is 0 Å². The van der Waals surface area contributed by atoms with Crippen LogP contribution < -0.4 is 15.0 Å². The second kappa shape index (κ2) is 14.2. The maximum atomic E-state index is 13.4. The Labute approximate surface area is 224 Å². The SMILES string of the molecule is CC(C)=CCN(c1ccc(OCc2ccccc2)cc1)C1CCN(C(=O)C(CC(C)C)NC(C)C)CC1. The van der Waals surface area contributed by atoms with Gasteiger partial charge in [0.25, 0.3) is 0 Å². The molecule has 1 aliphatic heterocycles. The number of piperidine rings is 1. The maximum absolute atomic E-state index is 13.4. The summed E-state index contributed by atoms with van der Waals surface area (Å²) in [6.45, 7) is 16.0. The number of nitrogens with one attached hydrogen (secondary N) is 1. The standard InChI is InChI=1S/C32H47N3O2/c1-24(2)16-21-35(28-12-14-30(15-13-28)37-23-27-10-8-7-9-11-27)29-17-19-34(20-18-29)32(36)31(22-25(3)4)33-26(5)6/h7-16,25-26,29,31,33H,17-23H2,1-6H3. The van der Waals surface area contributed by atoms with Crippen molar-refractivity contribution in [1.29, 1.82) is 0 Å². The Balaban J connectivity index is 1.64. The van der Waals surface area contributed by atoms with E-state index in [1.54, 1.807) is 0 Å². The number of benzene rings is 2. The second-order valence-corrected chi connectivity index (χ2v) is 11.3. The van der Waals surface area contributed by atoms with Gasteiger partial charge in [0, 0.05) is 37.4 Å². The van der Waals surface area contributed by atoms with E-state index in [1.807, 2.05) is 18.2 Å². The summed E-state index contributed by atoms with van der Waals surface area (Å²) in [7, 11) is 0. The number of likely N-dealkylation sites (tertiary alicyclic amines) is 1. The molecule has 1 unspecified atom stereocenters. The molecule has 0 aromatic heterocycles. The molecule has 0 saturated carbocycles. The van der Waals surface area contributed by atoms with Crippen LogP contribution in [0.1, 0.15) is 66.4 Å². The molecule has 1 aliphatic rings. The molecule has 1 amide bonds. The van der Waals surface area contributed by atoms with Gasteiger partial charge in [-0.15, -0.1) is 0 Å². The first kappa shape index (κ1) is 28.8. The van der Waals surface area contributed by atoms with E-state index in [2.05, 4.69) is 99.1 Å². The van der Waals surface area contributed by atoms with E-state index in [9.17, 15) is 4.79 Å². The van der Waals surface area contributed by atoms with E-state index in [1.165, 1.54) is 11.3 Å². The summed E-state index contributed by atoms with van der Waals surface area (Å²) in [6, 6.07) is 19.3. The number of rotatable bonds is 12.